The summed E-state index contributed by atoms with van der Waals surface area (Å²) >= 11 is 0. The van der Waals surface area contributed by atoms with E-state index in [4.69, 9.17) is 4.74 Å². The van der Waals surface area contributed by atoms with Gasteiger partial charge in [-0.1, -0.05) is 19.9 Å². The van der Waals surface area contributed by atoms with E-state index in [1.165, 1.54) is 12.0 Å². The summed E-state index contributed by atoms with van der Waals surface area (Å²) in [5.74, 6) is 0. The molecule has 1 unspecified atom stereocenters. The molecule has 1 rings (SSSR count). The summed E-state index contributed by atoms with van der Waals surface area (Å²) in [6, 6.07) is 0. The lowest BCUT2D eigenvalue weighted by Gasteiger charge is -2.28. The number of hydrogen-bond donors (Lipinski definition) is 1. The Hall–Kier alpha value is -0.340. The lowest BCUT2D eigenvalue weighted by molar-refractivity contribution is -0.0427. The minimum absolute atomic E-state index is 0.0776. The van der Waals surface area contributed by atoms with Crippen molar-refractivity contribution in [1.29, 1.82) is 0 Å². The molecular weight excluding hydrogens is 174 g/mol. The molecule has 2 atom stereocenters. The van der Waals surface area contributed by atoms with E-state index in [9.17, 15) is 0 Å². The van der Waals surface area contributed by atoms with Crippen molar-refractivity contribution in [2.45, 2.75) is 51.2 Å². The van der Waals surface area contributed by atoms with Gasteiger partial charge in [-0.2, -0.15) is 0 Å². The molecule has 2 heteroatoms. The molecule has 82 valence electrons. The largest absolute Gasteiger partial charge is 0.367 e. The van der Waals surface area contributed by atoms with Crippen molar-refractivity contribution in [1.82, 2.24) is 5.32 Å². The maximum Gasteiger partial charge on any atom is 0.0763 e. The Morgan fingerprint density at radius 1 is 1.57 bits per heavy atom. The van der Waals surface area contributed by atoms with E-state index in [2.05, 4.69) is 25.7 Å². The van der Waals surface area contributed by atoms with Crippen molar-refractivity contribution >= 4 is 0 Å². The van der Waals surface area contributed by atoms with Crippen LogP contribution in [0.15, 0.2) is 12.2 Å². The summed E-state index contributed by atoms with van der Waals surface area (Å²) in [5, 5.41) is 3.20. The van der Waals surface area contributed by atoms with E-state index in [0.29, 0.717) is 0 Å². The Kier molecular flexibility index (Phi) is 4.14. The van der Waals surface area contributed by atoms with Crippen molar-refractivity contribution in [3.8, 4) is 0 Å². The van der Waals surface area contributed by atoms with E-state index in [0.717, 1.165) is 25.8 Å². The van der Waals surface area contributed by atoms with Gasteiger partial charge in [-0.3, -0.25) is 0 Å². The lowest BCUT2D eigenvalue weighted by Crippen LogP contribution is -2.32. The molecule has 14 heavy (non-hydrogen) atoms. The van der Waals surface area contributed by atoms with Crippen LogP contribution in [0.2, 0.25) is 0 Å². The van der Waals surface area contributed by atoms with Crippen LogP contribution in [0.25, 0.3) is 0 Å². The number of nitrogens with one attached hydrogen (secondary N) is 1. The van der Waals surface area contributed by atoms with Crippen LogP contribution in [0.5, 0.6) is 0 Å². The van der Waals surface area contributed by atoms with E-state index in [1.807, 2.05) is 7.05 Å². The summed E-state index contributed by atoms with van der Waals surface area (Å²) in [6.45, 7) is 9.43. The third-order valence-corrected chi connectivity index (χ3v) is 3.09. The second-order valence-electron chi connectivity index (χ2n) is 4.38. The molecule has 2 nitrogen and oxygen atoms in total. The van der Waals surface area contributed by atoms with Crippen molar-refractivity contribution in [3.63, 3.8) is 0 Å². The van der Waals surface area contributed by atoms with Gasteiger partial charge in [-0.05, 0) is 45.4 Å². The maximum atomic E-state index is 6.06. The Morgan fingerprint density at radius 2 is 2.29 bits per heavy atom. The second-order valence-corrected chi connectivity index (χ2v) is 4.38. The first-order chi connectivity index (χ1) is 6.63. The maximum absolute atomic E-state index is 6.06. The Labute approximate surface area is 87.7 Å². The third kappa shape index (κ3) is 2.58. The normalized spacial score (nSPS) is 32.5. The van der Waals surface area contributed by atoms with Gasteiger partial charge in [-0.15, -0.1) is 0 Å². The topological polar surface area (TPSA) is 21.3 Å². The molecule has 0 aromatic carbocycles. The monoisotopic (exact) mass is 197 g/mol. The van der Waals surface area contributed by atoms with Crippen molar-refractivity contribution in [2.75, 3.05) is 13.6 Å². The second kappa shape index (κ2) is 4.94. The van der Waals surface area contributed by atoms with Crippen molar-refractivity contribution in [2.24, 2.45) is 0 Å². The summed E-state index contributed by atoms with van der Waals surface area (Å²) < 4.78 is 6.06. The molecule has 0 aromatic heterocycles. The summed E-state index contributed by atoms with van der Waals surface area (Å²) in [6.07, 6.45) is 4.73. The van der Waals surface area contributed by atoms with Crippen LogP contribution < -0.4 is 5.32 Å². The van der Waals surface area contributed by atoms with Crippen LogP contribution in [-0.4, -0.2) is 25.3 Å². The molecule has 1 aliphatic rings. The van der Waals surface area contributed by atoms with E-state index < -0.39 is 0 Å². The van der Waals surface area contributed by atoms with Crippen LogP contribution in [0.3, 0.4) is 0 Å². The van der Waals surface area contributed by atoms with Crippen LogP contribution >= 0.6 is 0 Å². The van der Waals surface area contributed by atoms with Crippen molar-refractivity contribution < 1.29 is 4.74 Å². The van der Waals surface area contributed by atoms with Gasteiger partial charge in [0.2, 0.25) is 0 Å². The lowest BCUT2D eigenvalue weighted by atomic mass is 9.89. The molecule has 1 aliphatic heterocycles. The van der Waals surface area contributed by atoms with Gasteiger partial charge in [-0.25, -0.2) is 0 Å². The number of rotatable bonds is 5. The van der Waals surface area contributed by atoms with Crippen LogP contribution in [0, 0.1) is 0 Å². The molecule has 0 bridgehead atoms. The van der Waals surface area contributed by atoms with Gasteiger partial charge < -0.3 is 10.1 Å². The Bertz CT molecular complexity index is 202. The molecule has 0 spiro atoms. The highest BCUT2D eigenvalue weighted by atomic mass is 16.5. The zero-order valence-electron chi connectivity index (χ0n) is 9.73. The highest BCUT2D eigenvalue weighted by Crippen LogP contribution is 2.39. The molecular formula is C12H23NO. The van der Waals surface area contributed by atoms with Gasteiger partial charge in [0, 0.05) is 0 Å². The third-order valence-electron chi connectivity index (χ3n) is 3.09. The Morgan fingerprint density at radius 3 is 2.71 bits per heavy atom. The standard InChI is InChI=1S/C12H23NO/c1-5-6-12(7-8-13-4)9-10(2)11(3)14-12/h11,13H,2,5-9H2,1,3-4H3/t11-,12?/m0/s1. The first-order valence-corrected chi connectivity index (χ1v) is 5.63. The molecule has 0 amide bonds. The van der Waals surface area contributed by atoms with Crippen molar-refractivity contribution in [3.05, 3.63) is 12.2 Å². The predicted molar refractivity (Wildman–Crippen MR) is 60.5 cm³/mol. The van der Waals surface area contributed by atoms with Gasteiger partial charge in [0.15, 0.2) is 0 Å². The predicted octanol–water partition coefficient (Wildman–Crippen LogP) is 2.50. The van der Waals surface area contributed by atoms with E-state index in [1.54, 1.807) is 0 Å². The molecule has 0 radical (unpaired) electrons. The van der Waals surface area contributed by atoms with Gasteiger partial charge in [0.05, 0.1) is 11.7 Å². The summed E-state index contributed by atoms with van der Waals surface area (Å²) in [4.78, 5) is 0. The van der Waals surface area contributed by atoms with Crippen LogP contribution in [0.4, 0.5) is 0 Å². The average molecular weight is 197 g/mol. The van der Waals surface area contributed by atoms with E-state index in [-0.39, 0.29) is 11.7 Å². The summed E-state index contributed by atoms with van der Waals surface area (Å²) in [5.41, 5.74) is 1.34. The molecule has 1 fully saturated rings. The highest BCUT2D eigenvalue weighted by Gasteiger charge is 2.39. The zero-order valence-corrected chi connectivity index (χ0v) is 9.73. The highest BCUT2D eigenvalue weighted by molar-refractivity contribution is 5.13. The fraction of sp³-hybridized carbons (Fsp3) is 0.833. The summed E-state index contributed by atoms with van der Waals surface area (Å²) in [7, 11) is 1.99. The number of ether oxygens (including phenoxy) is 1. The van der Waals surface area contributed by atoms with Gasteiger partial charge >= 0.3 is 0 Å². The van der Waals surface area contributed by atoms with Gasteiger partial charge in [0.25, 0.3) is 0 Å². The first kappa shape index (κ1) is 11.7. The fourth-order valence-electron chi connectivity index (χ4n) is 2.29. The molecule has 0 aromatic rings. The van der Waals surface area contributed by atoms with Crippen LogP contribution in [0.1, 0.15) is 39.5 Å². The molecule has 1 N–H and O–H groups in total. The quantitative estimate of drug-likeness (QED) is 0.684. The molecule has 0 saturated carbocycles. The zero-order chi connectivity index (χ0) is 10.6. The fourth-order valence-corrected chi connectivity index (χ4v) is 2.29. The van der Waals surface area contributed by atoms with E-state index >= 15 is 0 Å². The first-order valence-electron chi connectivity index (χ1n) is 5.63. The van der Waals surface area contributed by atoms with Gasteiger partial charge in [0.1, 0.15) is 0 Å². The van der Waals surface area contributed by atoms with Crippen LogP contribution in [-0.2, 0) is 4.74 Å². The molecule has 0 aliphatic carbocycles. The Balaban J connectivity index is 2.59. The SMILES string of the molecule is C=C1CC(CCC)(CCNC)O[C@H]1C. The minimum Gasteiger partial charge on any atom is -0.367 e. The average Bonchev–Trinajstić information content (AvgIpc) is 2.41. The molecule has 1 heterocycles. The minimum atomic E-state index is 0.0776. The smallest absolute Gasteiger partial charge is 0.0763 e. The molecule has 1 saturated heterocycles. The number of hydrogen-bond acceptors (Lipinski definition) is 2.